The van der Waals surface area contributed by atoms with E-state index in [1.54, 1.807) is 24.3 Å². The lowest BCUT2D eigenvalue weighted by Gasteiger charge is -2.24. The van der Waals surface area contributed by atoms with Crippen LogP contribution in [0.2, 0.25) is 5.02 Å². The van der Waals surface area contributed by atoms with E-state index >= 15 is 0 Å². The molecule has 0 radical (unpaired) electrons. The molecule has 0 N–H and O–H groups in total. The van der Waals surface area contributed by atoms with Crippen molar-refractivity contribution >= 4 is 44.3 Å². The van der Waals surface area contributed by atoms with E-state index in [1.165, 1.54) is 11.8 Å². The molecule has 2 aromatic carbocycles. The largest absolute Gasteiger partial charge is 0.484 e. The lowest BCUT2D eigenvalue weighted by molar-refractivity contribution is -0.119. The molecule has 152 valence electrons. The SMILES string of the molecule is O=C(COc1ccccc1)N=C1S[C@H]2CS(=O)(=O)C[C@H]2N1Cc1ccc(Cl)cc1. The van der Waals surface area contributed by atoms with Crippen LogP contribution in [0.15, 0.2) is 59.6 Å². The maximum Gasteiger partial charge on any atom is 0.285 e. The van der Waals surface area contributed by atoms with E-state index < -0.39 is 15.7 Å². The number of sulfone groups is 1. The molecule has 0 saturated carbocycles. The zero-order valence-corrected chi connectivity index (χ0v) is 17.8. The average molecular weight is 451 g/mol. The van der Waals surface area contributed by atoms with Crippen molar-refractivity contribution in [3.8, 4) is 5.75 Å². The van der Waals surface area contributed by atoms with Crippen LogP contribution in [-0.2, 0) is 21.2 Å². The fourth-order valence-corrected chi connectivity index (χ4v) is 7.50. The number of para-hydroxylation sites is 1. The molecule has 2 aliphatic heterocycles. The predicted molar refractivity (Wildman–Crippen MR) is 115 cm³/mol. The number of ether oxygens (including phenoxy) is 1. The Hall–Kier alpha value is -2.03. The van der Waals surface area contributed by atoms with Gasteiger partial charge in [0.1, 0.15) is 5.75 Å². The number of amides is 1. The Morgan fingerprint density at radius 2 is 1.86 bits per heavy atom. The number of amidine groups is 1. The summed E-state index contributed by atoms with van der Waals surface area (Å²) < 4.78 is 29.7. The molecule has 2 aliphatic rings. The molecule has 2 saturated heterocycles. The minimum atomic E-state index is -3.08. The number of hydrogen-bond acceptors (Lipinski definition) is 5. The molecule has 4 rings (SSSR count). The van der Waals surface area contributed by atoms with Crippen molar-refractivity contribution in [3.05, 3.63) is 65.2 Å². The van der Waals surface area contributed by atoms with Crippen LogP contribution in [0.5, 0.6) is 5.75 Å². The standard InChI is InChI=1S/C20H19ClN2O4S2/c21-15-8-6-14(7-9-15)10-23-17-12-29(25,26)13-18(17)28-20(23)22-19(24)11-27-16-4-2-1-3-5-16/h1-9,17-18H,10-13H2/t17-,18+/m1/s1. The highest BCUT2D eigenvalue weighted by Crippen LogP contribution is 2.39. The van der Waals surface area contributed by atoms with Crippen molar-refractivity contribution in [1.29, 1.82) is 0 Å². The van der Waals surface area contributed by atoms with Gasteiger partial charge in [-0.15, -0.1) is 0 Å². The van der Waals surface area contributed by atoms with Gasteiger partial charge < -0.3 is 9.64 Å². The van der Waals surface area contributed by atoms with Crippen LogP contribution in [0.1, 0.15) is 5.56 Å². The molecule has 0 aromatic heterocycles. The predicted octanol–water partition coefficient (Wildman–Crippen LogP) is 3.02. The van der Waals surface area contributed by atoms with Crippen molar-refractivity contribution in [2.75, 3.05) is 18.1 Å². The summed E-state index contributed by atoms with van der Waals surface area (Å²) in [6, 6.07) is 16.2. The van der Waals surface area contributed by atoms with E-state index in [0.29, 0.717) is 22.5 Å². The van der Waals surface area contributed by atoms with Gasteiger partial charge in [-0.25, -0.2) is 8.42 Å². The van der Waals surface area contributed by atoms with Gasteiger partial charge >= 0.3 is 0 Å². The minimum absolute atomic E-state index is 0.0754. The number of halogens is 1. The van der Waals surface area contributed by atoms with E-state index in [2.05, 4.69) is 4.99 Å². The summed E-state index contributed by atoms with van der Waals surface area (Å²) in [6.07, 6.45) is 0. The number of nitrogens with zero attached hydrogens (tertiary/aromatic N) is 2. The molecule has 2 aromatic rings. The lowest BCUT2D eigenvalue weighted by atomic mass is 10.1. The molecule has 2 atom stereocenters. The Morgan fingerprint density at radius 3 is 2.59 bits per heavy atom. The highest BCUT2D eigenvalue weighted by Gasteiger charge is 2.48. The third kappa shape index (κ3) is 4.94. The second-order valence-electron chi connectivity index (χ2n) is 6.94. The summed E-state index contributed by atoms with van der Waals surface area (Å²) in [6.45, 7) is 0.295. The topological polar surface area (TPSA) is 76.0 Å². The maximum absolute atomic E-state index is 12.4. The van der Waals surface area contributed by atoms with Crippen molar-refractivity contribution in [1.82, 2.24) is 4.90 Å². The zero-order valence-electron chi connectivity index (χ0n) is 15.4. The van der Waals surface area contributed by atoms with E-state index in [-0.39, 0.29) is 29.4 Å². The fraction of sp³-hybridized carbons (Fsp3) is 0.300. The lowest BCUT2D eigenvalue weighted by Crippen LogP contribution is -2.37. The van der Waals surface area contributed by atoms with Gasteiger partial charge in [-0.3, -0.25) is 4.79 Å². The number of carbonyl (C=O) groups excluding carboxylic acids is 1. The van der Waals surface area contributed by atoms with Gasteiger partial charge in [0.05, 0.1) is 17.5 Å². The van der Waals surface area contributed by atoms with Gasteiger partial charge in [-0.05, 0) is 29.8 Å². The number of thioether (sulfide) groups is 1. The summed E-state index contributed by atoms with van der Waals surface area (Å²) in [5, 5.41) is 1.06. The van der Waals surface area contributed by atoms with Gasteiger partial charge in [0.25, 0.3) is 5.91 Å². The molecule has 0 aliphatic carbocycles. The van der Waals surface area contributed by atoms with Crippen molar-refractivity contribution in [2.24, 2.45) is 4.99 Å². The first-order valence-electron chi connectivity index (χ1n) is 9.07. The number of fused-ring (bicyclic) bond motifs is 1. The Labute approximate surface area is 178 Å². The molecule has 1 amide bonds. The summed E-state index contributed by atoms with van der Waals surface area (Å²) in [5.41, 5.74) is 0.973. The molecule has 9 heteroatoms. The first kappa shape index (κ1) is 20.3. The molecule has 6 nitrogen and oxygen atoms in total. The molecular weight excluding hydrogens is 432 g/mol. The second-order valence-corrected chi connectivity index (χ2v) is 10.7. The number of rotatable bonds is 5. The third-order valence-corrected chi connectivity index (χ3v) is 8.27. The average Bonchev–Trinajstić information content (AvgIpc) is 3.15. The molecule has 2 fully saturated rings. The Balaban J connectivity index is 1.51. The van der Waals surface area contributed by atoms with Gasteiger partial charge in [0.15, 0.2) is 21.6 Å². The summed E-state index contributed by atoms with van der Waals surface area (Å²) >= 11 is 7.32. The molecular formula is C20H19ClN2O4S2. The molecule has 0 unspecified atom stereocenters. The summed E-state index contributed by atoms with van der Waals surface area (Å²) in [4.78, 5) is 18.5. The number of aliphatic imine (C=N–C) groups is 1. The van der Waals surface area contributed by atoms with Crippen LogP contribution in [0.3, 0.4) is 0 Å². The number of carbonyl (C=O) groups is 1. The molecule has 0 bridgehead atoms. The first-order valence-corrected chi connectivity index (χ1v) is 12.1. The summed E-state index contributed by atoms with van der Waals surface area (Å²) in [7, 11) is -3.08. The van der Waals surface area contributed by atoms with Crippen molar-refractivity contribution in [3.63, 3.8) is 0 Å². The van der Waals surface area contributed by atoms with Crippen LogP contribution >= 0.6 is 23.4 Å². The first-order chi connectivity index (χ1) is 13.9. The van der Waals surface area contributed by atoms with E-state index in [1.807, 2.05) is 35.2 Å². The highest BCUT2D eigenvalue weighted by atomic mass is 35.5. The van der Waals surface area contributed by atoms with Gasteiger partial charge in [-0.2, -0.15) is 4.99 Å². The van der Waals surface area contributed by atoms with Crippen LogP contribution in [0, 0.1) is 0 Å². The number of hydrogen-bond donors (Lipinski definition) is 0. The normalized spacial score (nSPS) is 23.9. The van der Waals surface area contributed by atoms with Gasteiger partial charge in [0.2, 0.25) is 0 Å². The smallest absolute Gasteiger partial charge is 0.285 e. The van der Waals surface area contributed by atoms with Crippen molar-refractivity contribution < 1.29 is 17.9 Å². The maximum atomic E-state index is 12.4. The molecule has 2 heterocycles. The quantitative estimate of drug-likeness (QED) is 0.697. The number of benzene rings is 2. The van der Waals surface area contributed by atoms with E-state index in [0.717, 1.165) is 5.56 Å². The van der Waals surface area contributed by atoms with Crippen molar-refractivity contribution in [2.45, 2.75) is 17.8 Å². The van der Waals surface area contributed by atoms with E-state index in [9.17, 15) is 13.2 Å². The highest BCUT2D eigenvalue weighted by molar-refractivity contribution is 8.15. The van der Waals surface area contributed by atoms with Crippen LogP contribution in [0.25, 0.3) is 0 Å². The second kappa shape index (κ2) is 8.38. The minimum Gasteiger partial charge on any atom is -0.484 e. The van der Waals surface area contributed by atoms with E-state index in [4.69, 9.17) is 16.3 Å². The molecule has 0 spiro atoms. The monoisotopic (exact) mass is 450 g/mol. The Bertz CT molecular complexity index is 1030. The van der Waals surface area contributed by atoms with Gasteiger partial charge in [-0.1, -0.05) is 53.7 Å². The zero-order chi connectivity index (χ0) is 20.4. The molecule has 29 heavy (non-hydrogen) atoms. The Morgan fingerprint density at radius 1 is 1.14 bits per heavy atom. The summed E-state index contributed by atoms with van der Waals surface area (Å²) in [5.74, 6) is 0.375. The third-order valence-electron chi connectivity index (χ3n) is 4.77. The van der Waals surface area contributed by atoms with Crippen LogP contribution < -0.4 is 4.74 Å². The van der Waals surface area contributed by atoms with Crippen LogP contribution in [0.4, 0.5) is 0 Å². The fourth-order valence-electron chi connectivity index (χ4n) is 3.41. The van der Waals surface area contributed by atoms with Crippen LogP contribution in [-0.4, -0.2) is 53.8 Å². The van der Waals surface area contributed by atoms with Gasteiger partial charge in [0, 0.05) is 16.8 Å². The Kier molecular flexibility index (Phi) is 5.85.